The zero-order chi connectivity index (χ0) is 35.7. The van der Waals surface area contributed by atoms with Crippen LogP contribution in [-0.2, 0) is 5.41 Å². The molecule has 0 bridgehead atoms. The van der Waals surface area contributed by atoms with Crippen LogP contribution < -0.4 is 0 Å². The summed E-state index contributed by atoms with van der Waals surface area (Å²) in [6.07, 6.45) is 0. The Morgan fingerprint density at radius 2 is 1.20 bits per heavy atom. The Labute approximate surface area is 310 Å². The third-order valence-electron chi connectivity index (χ3n) is 11.8. The van der Waals surface area contributed by atoms with Crippen LogP contribution >= 0.6 is 0 Å². The molecule has 0 amide bonds. The van der Waals surface area contributed by atoms with Crippen LogP contribution in [0.25, 0.3) is 99.7 Å². The molecule has 4 heterocycles. The first-order valence-corrected chi connectivity index (χ1v) is 18.5. The summed E-state index contributed by atoms with van der Waals surface area (Å²) in [5, 5.41) is 5.82. The van der Waals surface area contributed by atoms with Gasteiger partial charge in [-0.3, -0.25) is 4.57 Å². The highest BCUT2D eigenvalue weighted by Crippen LogP contribution is 2.53. The minimum absolute atomic E-state index is 0.136. The highest BCUT2D eigenvalue weighted by molar-refractivity contribution is 6.19. The SMILES string of the molecule is CC1(C)c2ccccc2-c2c1ccc1c2c2ccc(-n3c4ccccc4c4ccccc43)cc2n1-c1nc(-c2ccccc2)c2oc3ccccc3c2n1. The van der Waals surface area contributed by atoms with Crippen molar-refractivity contribution in [2.45, 2.75) is 19.3 Å². The number of benzene rings is 7. The highest BCUT2D eigenvalue weighted by Gasteiger charge is 2.37. The Kier molecular flexibility index (Phi) is 5.78. The first-order valence-electron chi connectivity index (χ1n) is 18.5. The molecule has 0 saturated carbocycles. The van der Waals surface area contributed by atoms with Crippen molar-refractivity contribution in [3.63, 3.8) is 0 Å². The molecular formula is C49H32N4O. The third-order valence-corrected chi connectivity index (χ3v) is 11.8. The minimum Gasteiger partial charge on any atom is -0.452 e. The lowest BCUT2D eigenvalue weighted by atomic mass is 9.82. The number of hydrogen-bond acceptors (Lipinski definition) is 3. The molecule has 254 valence electrons. The fourth-order valence-corrected chi connectivity index (χ4v) is 9.31. The summed E-state index contributed by atoms with van der Waals surface area (Å²) in [7, 11) is 0. The molecule has 0 N–H and O–H groups in total. The van der Waals surface area contributed by atoms with Crippen molar-refractivity contribution in [2.24, 2.45) is 0 Å². The fourth-order valence-electron chi connectivity index (χ4n) is 9.31. The number of para-hydroxylation sites is 3. The maximum absolute atomic E-state index is 6.52. The normalized spacial score (nSPS) is 13.5. The van der Waals surface area contributed by atoms with E-state index in [2.05, 4.69) is 144 Å². The molecule has 0 atom stereocenters. The summed E-state index contributed by atoms with van der Waals surface area (Å²) < 4.78 is 11.2. The van der Waals surface area contributed by atoms with E-state index < -0.39 is 0 Å². The van der Waals surface area contributed by atoms with Crippen molar-refractivity contribution >= 4 is 65.7 Å². The molecule has 54 heavy (non-hydrogen) atoms. The Morgan fingerprint density at radius 3 is 2.00 bits per heavy atom. The molecule has 12 rings (SSSR count). The van der Waals surface area contributed by atoms with Gasteiger partial charge in [-0.2, -0.15) is 0 Å². The van der Waals surface area contributed by atoms with Crippen molar-refractivity contribution in [2.75, 3.05) is 0 Å². The van der Waals surface area contributed by atoms with Crippen LogP contribution in [0.5, 0.6) is 0 Å². The topological polar surface area (TPSA) is 48.8 Å². The van der Waals surface area contributed by atoms with Gasteiger partial charge in [-0.15, -0.1) is 0 Å². The van der Waals surface area contributed by atoms with Crippen molar-refractivity contribution in [3.05, 3.63) is 169 Å². The summed E-state index contributed by atoms with van der Waals surface area (Å²) in [5.41, 5.74) is 14.7. The number of furan rings is 1. The molecule has 0 fully saturated rings. The molecule has 0 spiro atoms. The summed E-state index contributed by atoms with van der Waals surface area (Å²) in [5.74, 6) is 0.609. The maximum atomic E-state index is 6.52. The van der Waals surface area contributed by atoms with Crippen molar-refractivity contribution in [3.8, 4) is 34.0 Å². The molecule has 7 aromatic carbocycles. The van der Waals surface area contributed by atoms with Crippen LogP contribution in [0.1, 0.15) is 25.0 Å². The lowest BCUT2D eigenvalue weighted by Crippen LogP contribution is -2.14. The largest absolute Gasteiger partial charge is 0.452 e. The second kappa shape index (κ2) is 10.6. The highest BCUT2D eigenvalue weighted by atomic mass is 16.3. The first-order chi connectivity index (χ1) is 26.6. The van der Waals surface area contributed by atoms with E-state index in [9.17, 15) is 0 Å². The monoisotopic (exact) mass is 692 g/mol. The first kappa shape index (κ1) is 29.6. The predicted molar refractivity (Wildman–Crippen MR) is 221 cm³/mol. The molecule has 1 aliphatic carbocycles. The van der Waals surface area contributed by atoms with Crippen molar-refractivity contribution in [1.29, 1.82) is 0 Å². The van der Waals surface area contributed by atoms with Gasteiger partial charge in [-0.05, 0) is 64.7 Å². The van der Waals surface area contributed by atoms with Gasteiger partial charge in [0.2, 0.25) is 5.95 Å². The second-order valence-corrected chi connectivity index (χ2v) is 15.0. The summed E-state index contributed by atoms with van der Waals surface area (Å²) in [4.78, 5) is 10.8. The van der Waals surface area contributed by atoms with Gasteiger partial charge >= 0.3 is 0 Å². The van der Waals surface area contributed by atoms with Gasteiger partial charge in [0.25, 0.3) is 0 Å². The molecule has 5 nitrogen and oxygen atoms in total. The van der Waals surface area contributed by atoms with Gasteiger partial charge in [0.15, 0.2) is 5.58 Å². The zero-order valence-corrected chi connectivity index (χ0v) is 29.7. The van der Waals surface area contributed by atoms with Gasteiger partial charge in [0, 0.05) is 43.6 Å². The minimum atomic E-state index is -0.136. The maximum Gasteiger partial charge on any atom is 0.236 e. The third kappa shape index (κ3) is 3.83. The van der Waals surface area contributed by atoms with E-state index >= 15 is 0 Å². The van der Waals surface area contributed by atoms with Crippen LogP contribution in [0.3, 0.4) is 0 Å². The van der Waals surface area contributed by atoms with Crippen LogP contribution in [0.4, 0.5) is 0 Å². The predicted octanol–water partition coefficient (Wildman–Crippen LogP) is 12.5. The fraction of sp³-hybridized carbons (Fsp3) is 0.0612. The number of aromatic nitrogens is 4. The summed E-state index contributed by atoms with van der Waals surface area (Å²) >= 11 is 0. The molecule has 0 saturated heterocycles. The second-order valence-electron chi connectivity index (χ2n) is 15.0. The summed E-state index contributed by atoms with van der Waals surface area (Å²) in [6, 6.07) is 56.2. The average Bonchev–Trinajstić information content (AvgIpc) is 3.93. The molecular weight excluding hydrogens is 661 g/mol. The average molecular weight is 693 g/mol. The Balaban J connectivity index is 1.25. The van der Waals surface area contributed by atoms with E-state index in [1.165, 1.54) is 54.8 Å². The number of hydrogen-bond donors (Lipinski definition) is 0. The van der Waals surface area contributed by atoms with E-state index in [0.717, 1.165) is 44.5 Å². The Bertz CT molecular complexity index is 3310. The number of rotatable bonds is 3. The molecule has 0 radical (unpaired) electrons. The van der Waals surface area contributed by atoms with E-state index in [0.29, 0.717) is 11.5 Å². The van der Waals surface area contributed by atoms with Crippen LogP contribution in [0.2, 0.25) is 0 Å². The smallest absolute Gasteiger partial charge is 0.236 e. The van der Waals surface area contributed by atoms with Gasteiger partial charge < -0.3 is 8.98 Å². The number of fused-ring (bicyclic) bond motifs is 13. The Morgan fingerprint density at radius 1 is 0.519 bits per heavy atom. The molecule has 0 unspecified atom stereocenters. The quantitative estimate of drug-likeness (QED) is 0.185. The van der Waals surface area contributed by atoms with E-state index in [1.807, 2.05) is 36.4 Å². The molecule has 0 aliphatic heterocycles. The van der Waals surface area contributed by atoms with Crippen LogP contribution in [-0.4, -0.2) is 19.1 Å². The van der Waals surface area contributed by atoms with E-state index in [-0.39, 0.29) is 5.41 Å². The van der Waals surface area contributed by atoms with Gasteiger partial charge in [-0.25, -0.2) is 9.97 Å². The van der Waals surface area contributed by atoms with Gasteiger partial charge in [-0.1, -0.05) is 129 Å². The lowest BCUT2D eigenvalue weighted by Gasteiger charge is -2.21. The van der Waals surface area contributed by atoms with E-state index in [4.69, 9.17) is 14.4 Å². The lowest BCUT2D eigenvalue weighted by molar-refractivity contribution is 0.661. The van der Waals surface area contributed by atoms with Crippen molar-refractivity contribution < 1.29 is 4.42 Å². The van der Waals surface area contributed by atoms with Crippen molar-refractivity contribution in [1.82, 2.24) is 19.1 Å². The molecule has 1 aliphatic rings. The summed E-state index contributed by atoms with van der Waals surface area (Å²) in [6.45, 7) is 4.69. The molecule has 5 heteroatoms. The Hall–Kier alpha value is -6.98. The number of nitrogens with zero attached hydrogens (tertiary/aromatic N) is 4. The van der Waals surface area contributed by atoms with Gasteiger partial charge in [0.1, 0.15) is 16.8 Å². The van der Waals surface area contributed by atoms with Gasteiger partial charge in [0.05, 0.1) is 22.1 Å². The molecule has 4 aromatic heterocycles. The van der Waals surface area contributed by atoms with Crippen LogP contribution in [0, 0.1) is 0 Å². The van der Waals surface area contributed by atoms with Crippen LogP contribution in [0.15, 0.2) is 162 Å². The standard InChI is InChI=1S/C49H32N4O/c1-49(2)36-20-10-6-18-33(36)43-37(49)26-27-40-44(43)34-25-24-30(52-38-21-11-7-16-31(38)32-17-8-12-22-39(32)52)28-41(34)53(40)48-50-45(29-14-4-3-5-15-29)47-46(51-48)35-19-9-13-23-42(35)54-47/h3-28H,1-2H3. The van der Waals surface area contributed by atoms with E-state index in [1.54, 1.807) is 0 Å². The molecule has 11 aromatic rings. The zero-order valence-electron chi connectivity index (χ0n) is 29.7.